The van der Waals surface area contributed by atoms with Crippen molar-refractivity contribution in [2.24, 2.45) is 22.8 Å². The Balaban J connectivity index is 2.89. The van der Waals surface area contributed by atoms with Crippen molar-refractivity contribution < 1.29 is 14.3 Å². The van der Waals surface area contributed by atoms with Gasteiger partial charge in [-0.3, -0.25) is 9.59 Å². The first kappa shape index (κ1) is 15.8. The van der Waals surface area contributed by atoms with Gasteiger partial charge < -0.3 is 21.5 Å². The lowest BCUT2D eigenvalue weighted by atomic mass is 9.78. The van der Waals surface area contributed by atoms with Crippen molar-refractivity contribution in [3.8, 4) is 0 Å². The number of hydrogen-bond acceptors (Lipinski definition) is 4. The summed E-state index contributed by atoms with van der Waals surface area (Å²) in [5.74, 6) is -0.987. The van der Waals surface area contributed by atoms with Gasteiger partial charge in [-0.25, -0.2) is 0 Å². The highest BCUT2D eigenvalue weighted by atomic mass is 32.1. The molecule has 1 aliphatic rings. The molecule has 6 nitrogen and oxygen atoms in total. The van der Waals surface area contributed by atoms with Crippen molar-refractivity contribution in [1.29, 1.82) is 0 Å². The number of rotatable bonds is 5. The van der Waals surface area contributed by atoms with Crippen LogP contribution < -0.4 is 16.8 Å². The lowest BCUT2D eigenvalue weighted by Gasteiger charge is -2.36. The first-order valence-corrected chi connectivity index (χ1v) is 6.70. The van der Waals surface area contributed by atoms with E-state index in [0.717, 1.165) is 0 Å². The van der Waals surface area contributed by atoms with E-state index >= 15 is 0 Å². The highest BCUT2D eigenvalue weighted by Crippen LogP contribution is 2.31. The van der Waals surface area contributed by atoms with Crippen LogP contribution in [0.15, 0.2) is 0 Å². The van der Waals surface area contributed by atoms with E-state index in [9.17, 15) is 9.59 Å². The predicted molar refractivity (Wildman–Crippen MR) is 75.2 cm³/mol. The Morgan fingerprint density at radius 1 is 1.26 bits per heavy atom. The molecule has 0 spiro atoms. The molecular weight excluding hydrogens is 266 g/mol. The maximum Gasteiger partial charge on any atom is 0.240 e. The van der Waals surface area contributed by atoms with Crippen molar-refractivity contribution in [1.82, 2.24) is 5.32 Å². The minimum atomic E-state index is -0.934. The van der Waals surface area contributed by atoms with Crippen molar-refractivity contribution in [2.75, 3.05) is 13.2 Å². The standard InChI is InChI=1S/C12H21N3O3S/c1-7(2)8(9(13)16)15-11(17)12(10(14)19)3-5-18-6-4-12/h7-8H,3-6H2,1-2H3,(H2,13,16)(H2,14,19)(H,15,17). The summed E-state index contributed by atoms with van der Waals surface area (Å²) in [5, 5.41) is 2.67. The normalized spacial score (nSPS) is 19.7. The molecule has 1 rings (SSSR count). The molecule has 2 amide bonds. The van der Waals surface area contributed by atoms with Gasteiger partial charge in [0.05, 0.1) is 4.99 Å². The maximum absolute atomic E-state index is 12.4. The minimum Gasteiger partial charge on any atom is -0.392 e. The summed E-state index contributed by atoms with van der Waals surface area (Å²) >= 11 is 5.03. The number of thiocarbonyl (C=S) groups is 1. The van der Waals surface area contributed by atoms with Crippen LogP contribution in [-0.4, -0.2) is 36.1 Å². The lowest BCUT2D eigenvalue weighted by Crippen LogP contribution is -2.57. The molecular formula is C12H21N3O3S. The second-order valence-corrected chi connectivity index (χ2v) is 5.60. The number of amides is 2. The van der Waals surface area contributed by atoms with Gasteiger partial charge in [0, 0.05) is 13.2 Å². The third-order valence-corrected chi connectivity index (χ3v) is 3.90. The largest absolute Gasteiger partial charge is 0.392 e. The Morgan fingerprint density at radius 2 is 1.79 bits per heavy atom. The first-order valence-electron chi connectivity index (χ1n) is 6.29. The Hall–Kier alpha value is -1.21. The van der Waals surface area contributed by atoms with E-state index in [-0.39, 0.29) is 16.8 Å². The molecule has 1 heterocycles. The van der Waals surface area contributed by atoms with Gasteiger partial charge in [0.25, 0.3) is 0 Å². The quantitative estimate of drug-likeness (QED) is 0.602. The van der Waals surface area contributed by atoms with Crippen LogP contribution in [0.4, 0.5) is 0 Å². The van der Waals surface area contributed by atoms with Gasteiger partial charge >= 0.3 is 0 Å². The van der Waals surface area contributed by atoms with Gasteiger partial charge in [-0.2, -0.15) is 0 Å². The molecule has 0 radical (unpaired) electrons. The predicted octanol–water partition coefficient (Wildman–Crippen LogP) is -0.305. The topological polar surface area (TPSA) is 107 Å². The van der Waals surface area contributed by atoms with Crippen LogP contribution in [0.3, 0.4) is 0 Å². The summed E-state index contributed by atoms with van der Waals surface area (Å²) < 4.78 is 5.24. The molecule has 0 aromatic carbocycles. The van der Waals surface area contributed by atoms with Crippen molar-refractivity contribution >= 4 is 29.0 Å². The zero-order chi connectivity index (χ0) is 14.6. The molecule has 1 saturated heterocycles. The summed E-state index contributed by atoms with van der Waals surface area (Å²) in [7, 11) is 0. The fraction of sp³-hybridized carbons (Fsp3) is 0.750. The van der Waals surface area contributed by atoms with E-state index in [2.05, 4.69) is 5.32 Å². The van der Waals surface area contributed by atoms with Gasteiger partial charge in [0.1, 0.15) is 11.5 Å². The van der Waals surface area contributed by atoms with Gasteiger partial charge in [0.2, 0.25) is 11.8 Å². The fourth-order valence-corrected chi connectivity index (χ4v) is 2.45. The monoisotopic (exact) mass is 287 g/mol. The molecule has 0 aromatic rings. The second kappa shape index (κ2) is 6.29. The van der Waals surface area contributed by atoms with E-state index in [1.54, 1.807) is 0 Å². The van der Waals surface area contributed by atoms with E-state index < -0.39 is 17.4 Å². The zero-order valence-electron chi connectivity index (χ0n) is 11.3. The average Bonchev–Trinajstić information content (AvgIpc) is 2.35. The molecule has 1 atom stereocenters. The highest BCUT2D eigenvalue weighted by Gasteiger charge is 2.44. The highest BCUT2D eigenvalue weighted by molar-refractivity contribution is 7.80. The Kier molecular flexibility index (Phi) is 5.25. The molecule has 19 heavy (non-hydrogen) atoms. The van der Waals surface area contributed by atoms with Crippen molar-refractivity contribution in [2.45, 2.75) is 32.7 Å². The first-order chi connectivity index (χ1) is 8.81. The minimum absolute atomic E-state index is 0.0929. The Labute approximate surface area is 118 Å². The lowest BCUT2D eigenvalue weighted by molar-refractivity contribution is -0.135. The number of primary amides is 1. The number of carbonyl (C=O) groups excluding carboxylic acids is 2. The molecule has 1 fully saturated rings. The van der Waals surface area contributed by atoms with Crippen LogP contribution >= 0.6 is 12.2 Å². The van der Waals surface area contributed by atoms with Gasteiger partial charge in [-0.15, -0.1) is 0 Å². The molecule has 5 N–H and O–H groups in total. The third kappa shape index (κ3) is 3.42. The summed E-state index contributed by atoms with van der Waals surface area (Å²) in [6.45, 7) is 4.47. The van der Waals surface area contributed by atoms with E-state index in [1.165, 1.54) is 0 Å². The molecule has 7 heteroatoms. The SMILES string of the molecule is CC(C)C(NC(=O)C1(C(N)=S)CCOCC1)C(N)=O. The molecule has 0 saturated carbocycles. The van der Waals surface area contributed by atoms with Crippen molar-refractivity contribution in [3.63, 3.8) is 0 Å². The van der Waals surface area contributed by atoms with Gasteiger partial charge in [-0.1, -0.05) is 26.1 Å². The van der Waals surface area contributed by atoms with Crippen LogP contribution in [0.2, 0.25) is 0 Å². The smallest absolute Gasteiger partial charge is 0.240 e. The van der Waals surface area contributed by atoms with Crippen LogP contribution in [0.25, 0.3) is 0 Å². The van der Waals surface area contributed by atoms with Gasteiger partial charge in [0.15, 0.2) is 0 Å². The van der Waals surface area contributed by atoms with Crippen LogP contribution in [-0.2, 0) is 14.3 Å². The second-order valence-electron chi connectivity index (χ2n) is 5.16. The van der Waals surface area contributed by atoms with Crippen LogP contribution in [0, 0.1) is 11.3 Å². The number of hydrogen-bond donors (Lipinski definition) is 3. The summed E-state index contributed by atoms with van der Waals surface area (Å²) in [4.78, 5) is 23.9. The molecule has 1 aliphatic heterocycles. The fourth-order valence-electron chi connectivity index (χ4n) is 2.15. The molecule has 1 unspecified atom stereocenters. The molecule has 0 aliphatic carbocycles. The van der Waals surface area contributed by atoms with Crippen LogP contribution in [0.5, 0.6) is 0 Å². The number of ether oxygens (including phenoxy) is 1. The number of carbonyl (C=O) groups is 2. The molecule has 0 aromatic heterocycles. The third-order valence-electron chi connectivity index (χ3n) is 3.51. The zero-order valence-corrected chi connectivity index (χ0v) is 12.1. The average molecular weight is 287 g/mol. The summed E-state index contributed by atoms with van der Waals surface area (Å²) in [6.07, 6.45) is 0.857. The maximum atomic E-state index is 12.4. The number of nitrogens with one attached hydrogen (secondary N) is 1. The number of nitrogens with two attached hydrogens (primary N) is 2. The Bertz CT molecular complexity index is 378. The molecule has 0 bridgehead atoms. The van der Waals surface area contributed by atoms with Crippen LogP contribution in [0.1, 0.15) is 26.7 Å². The molecule has 108 valence electrons. The van der Waals surface area contributed by atoms with E-state index in [0.29, 0.717) is 26.1 Å². The Morgan fingerprint density at radius 3 is 2.16 bits per heavy atom. The van der Waals surface area contributed by atoms with Gasteiger partial charge in [-0.05, 0) is 18.8 Å². The van der Waals surface area contributed by atoms with E-state index in [4.69, 9.17) is 28.4 Å². The van der Waals surface area contributed by atoms with Crippen molar-refractivity contribution in [3.05, 3.63) is 0 Å². The van der Waals surface area contributed by atoms with E-state index in [1.807, 2.05) is 13.8 Å². The summed E-state index contributed by atoms with van der Waals surface area (Å²) in [5.41, 5.74) is 10.1. The summed E-state index contributed by atoms with van der Waals surface area (Å²) in [6, 6.07) is -0.721.